The Kier molecular flexibility index (Phi) is 5.12. The number of rotatable bonds is 4. The van der Waals surface area contributed by atoms with Gasteiger partial charge in [0.2, 0.25) is 0 Å². The molecule has 0 fully saturated rings. The Morgan fingerprint density at radius 2 is 2.33 bits per heavy atom. The molecule has 0 aliphatic rings. The Labute approximate surface area is 55.5 Å². The van der Waals surface area contributed by atoms with Crippen LogP contribution in [0, 0.1) is 0 Å². The van der Waals surface area contributed by atoms with Crippen LogP contribution in [0.5, 0.6) is 0 Å². The minimum absolute atomic E-state index is 0.565. The molecule has 0 aromatic heterocycles. The topological polar surface area (TPSA) is 26.3 Å². The van der Waals surface area contributed by atoms with E-state index in [0.717, 1.165) is 11.9 Å². The summed E-state index contributed by atoms with van der Waals surface area (Å²) in [5.74, 6) is 0. The zero-order valence-electron chi connectivity index (χ0n) is 5.89. The van der Waals surface area contributed by atoms with Gasteiger partial charge in [-0.3, -0.25) is 4.79 Å². The molecule has 0 aliphatic heterocycles. The smallest absolute Gasteiger partial charge is 0.142 e. The van der Waals surface area contributed by atoms with E-state index in [2.05, 4.69) is 0 Å². The van der Waals surface area contributed by atoms with Crippen molar-refractivity contribution < 1.29 is 9.53 Å². The van der Waals surface area contributed by atoms with Gasteiger partial charge < -0.3 is 4.74 Å². The quantitative estimate of drug-likeness (QED) is 0.419. The fourth-order valence-corrected chi connectivity index (χ4v) is 0.427. The number of hydrogen-bond donors (Lipinski definition) is 0. The van der Waals surface area contributed by atoms with Crippen molar-refractivity contribution in [3.05, 3.63) is 11.6 Å². The number of ether oxygens (including phenoxy) is 1. The highest BCUT2D eigenvalue weighted by atomic mass is 16.5. The molecule has 0 aromatic rings. The van der Waals surface area contributed by atoms with Crippen LogP contribution in [0.2, 0.25) is 0 Å². The molecule has 0 rings (SSSR count). The van der Waals surface area contributed by atoms with Gasteiger partial charge in [-0.2, -0.15) is 0 Å². The number of carbonyl (C=O) groups is 1. The second kappa shape index (κ2) is 5.51. The normalized spacial score (nSPS) is 11.6. The molecule has 0 atom stereocenters. The molecule has 0 bridgehead atoms. The van der Waals surface area contributed by atoms with Crippen LogP contribution < -0.4 is 0 Å². The van der Waals surface area contributed by atoms with Gasteiger partial charge in [-0.15, -0.1) is 0 Å². The number of allylic oxidation sites excluding steroid dienone is 1. The highest BCUT2D eigenvalue weighted by Crippen LogP contribution is 1.90. The summed E-state index contributed by atoms with van der Waals surface area (Å²) >= 11 is 0. The van der Waals surface area contributed by atoms with Crippen LogP contribution in [0.15, 0.2) is 11.6 Å². The molecule has 9 heavy (non-hydrogen) atoms. The van der Waals surface area contributed by atoms with Gasteiger partial charge in [-0.25, -0.2) is 0 Å². The molecule has 0 aliphatic carbocycles. The first-order chi connectivity index (χ1) is 4.31. The third kappa shape index (κ3) is 5.24. The SMILES string of the molecule is CCOCC(C)=CC=O. The van der Waals surface area contributed by atoms with Gasteiger partial charge in [-0.1, -0.05) is 0 Å². The summed E-state index contributed by atoms with van der Waals surface area (Å²) in [7, 11) is 0. The predicted molar refractivity (Wildman–Crippen MR) is 36.3 cm³/mol. The molecule has 0 heterocycles. The first-order valence-electron chi connectivity index (χ1n) is 3.00. The molecule has 0 N–H and O–H groups in total. The minimum atomic E-state index is 0.565. The lowest BCUT2D eigenvalue weighted by atomic mass is 10.3. The zero-order chi connectivity index (χ0) is 7.11. The summed E-state index contributed by atoms with van der Waals surface area (Å²) in [5, 5.41) is 0. The van der Waals surface area contributed by atoms with Crippen molar-refractivity contribution in [3.8, 4) is 0 Å². The van der Waals surface area contributed by atoms with Gasteiger partial charge in [0.25, 0.3) is 0 Å². The molecule has 0 saturated heterocycles. The zero-order valence-corrected chi connectivity index (χ0v) is 5.89. The third-order valence-corrected chi connectivity index (χ3v) is 0.886. The van der Waals surface area contributed by atoms with Crippen molar-refractivity contribution in [1.29, 1.82) is 0 Å². The molecule has 0 spiro atoms. The monoisotopic (exact) mass is 128 g/mol. The van der Waals surface area contributed by atoms with Gasteiger partial charge in [0.05, 0.1) is 6.61 Å². The largest absolute Gasteiger partial charge is 0.377 e. The summed E-state index contributed by atoms with van der Waals surface area (Å²) in [4.78, 5) is 9.85. The Morgan fingerprint density at radius 1 is 1.67 bits per heavy atom. The Bertz CT molecular complexity index is 105. The highest BCUT2D eigenvalue weighted by molar-refractivity contribution is 5.65. The van der Waals surface area contributed by atoms with Gasteiger partial charge in [0.1, 0.15) is 6.29 Å². The maximum absolute atomic E-state index is 9.85. The summed E-state index contributed by atoms with van der Waals surface area (Å²) in [6, 6.07) is 0. The average Bonchev–Trinajstić information content (AvgIpc) is 1.85. The standard InChI is InChI=1S/C7H12O2/c1-3-9-6-7(2)4-5-8/h4-5H,3,6H2,1-2H3. The summed E-state index contributed by atoms with van der Waals surface area (Å²) < 4.78 is 5.02. The fraction of sp³-hybridized carbons (Fsp3) is 0.571. The Hall–Kier alpha value is -0.630. The van der Waals surface area contributed by atoms with Crippen molar-refractivity contribution in [2.24, 2.45) is 0 Å². The lowest BCUT2D eigenvalue weighted by Crippen LogP contribution is -1.94. The summed E-state index contributed by atoms with van der Waals surface area (Å²) in [5.41, 5.74) is 0.965. The molecule has 0 amide bonds. The first-order valence-corrected chi connectivity index (χ1v) is 3.00. The number of aldehydes is 1. The lowest BCUT2D eigenvalue weighted by Gasteiger charge is -1.97. The molecule has 2 heteroatoms. The van der Waals surface area contributed by atoms with Gasteiger partial charge >= 0.3 is 0 Å². The molecular weight excluding hydrogens is 116 g/mol. The molecule has 0 radical (unpaired) electrons. The van der Waals surface area contributed by atoms with Crippen LogP contribution in [0.3, 0.4) is 0 Å². The van der Waals surface area contributed by atoms with Crippen LogP contribution in [-0.2, 0) is 9.53 Å². The van der Waals surface area contributed by atoms with E-state index in [4.69, 9.17) is 4.74 Å². The van der Waals surface area contributed by atoms with Crippen LogP contribution in [-0.4, -0.2) is 19.5 Å². The van der Waals surface area contributed by atoms with Crippen molar-refractivity contribution in [3.63, 3.8) is 0 Å². The van der Waals surface area contributed by atoms with Crippen LogP contribution >= 0.6 is 0 Å². The molecule has 0 saturated carbocycles. The van der Waals surface area contributed by atoms with E-state index < -0.39 is 0 Å². The third-order valence-electron chi connectivity index (χ3n) is 0.886. The molecule has 0 aromatic carbocycles. The first kappa shape index (κ1) is 8.37. The maximum atomic E-state index is 9.85. The van der Waals surface area contributed by atoms with Crippen molar-refractivity contribution in [2.75, 3.05) is 13.2 Å². The predicted octanol–water partition coefficient (Wildman–Crippen LogP) is 1.17. The summed E-state index contributed by atoms with van der Waals surface area (Å²) in [6.45, 7) is 5.05. The van der Waals surface area contributed by atoms with Crippen LogP contribution in [0.4, 0.5) is 0 Å². The van der Waals surface area contributed by atoms with Gasteiger partial charge in [0, 0.05) is 6.61 Å². The Balaban J connectivity index is 3.36. The van der Waals surface area contributed by atoms with E-state index in [9.17, 15) is 4.79 Å². The van der Waals surface area contributed by atoms with Crippen molar-refractivity contribution >= 4 is 6.29 Å². The van der Waals surface area contributed by atoms with Gasteiger partial charge in [0.15, 0.2) is 0 Å². The minimum Gasteiger partial charge on any atom is -0.377 e. The van der Waals surface area contributed by atoms with E-state index in [0.29, 0.717) is 13.2 Å². The van der Waals surface area contributed by atoms with Crippen molar-refractivity contribution in [2.45, 2.75) is 13.8 Å². The van der Waals surface area contributed by atoms with Crippen LogP contribution in [0.1, 0.15) is 13.8 Å². The molecule has 2 nitrogen and oxygen atoms in total. The van der Waals surface area contributed by atoms with Crippen molar-refractivity contribution in [1.82, 2.24) is 0 Å². The molecular formula is C7H12O2. The van der Waals surface area contributed by atoms with E-state index in [1.807, 2.05) is 13.8 Å². The van der Waals surface area contributed by atoms with E-state index >= 15 is 0 Å². The van der Waals surface area contributed by atoms with Gasteiger partial charge in [-0.05, 0) is 25.5 Å². The van der Waals surface area contributed by atoms with E-state index in [-0.39, 0.29) is 0 Å². The lowest BCUT2D eigenvalue weighted by molar-refractivity contribution is -0.104. The van der Waals surface area contributed by atoms with E-state index in [1.54, 1.807) is 0 Å². The van der Waals surface area contributed by atoms with Crippen LogP contribution in [0.25, 0.3) is 0 Å². The average molecular weight is 128 g/mol. The van der Waals surface area contributed by atoms with E-state index in [1.165, 1.54) is 6.08 Å². The number of hydrogen-bond acceptors (Lipinski definition) is 2. The second-order valence-corrected chi connectivity index (χ2v) is 1.79. The second-order valence-electron chi connectivity index (χ2n) is 1.79. The number of carbonyl (C=O) groups excluding carboxylic acids is 1. The maximum Gasteiger partial charge on any atom is 0.142 e. The Morgan fingerprint density at radius 3 is 2.78 bits per heavy atom. The summed E-state index contributed by atoms with van der Waals surface area (Å²) in [6.07, 6.45) is 2.28. The molecule has 0 unspecified atom stereocenters. The fourth-order valence-electron chi connectivity index (χ4n) is 0.427. The highest BCUT2D eigenvalue weighted by Gasteiger charge is 1.85. The molecule has 52 valence electrons.